The third-order valence-electron chi connectivity index (χ3n) is 3.59. The van der Waals surface area contributed by atoms with Crippen molar-refractivity contribution in [2.75, 3.05) is 19.6 Å². The highest BCUT2D eigenvalue weighted by atomic mass is 16.2. The van der Waals surface area contributed by atoms with Gasteiger partial charge in [0.1, 0.15) is 0 Å². The zero-order valence-electron chi connectivity index (χ0n) is 8.70. The van der Waals surface area contributed by atoms with Gasteiger partial charge >= 0.3 is 0 Å². The van der Waals surface area contributed by atoms with Gasteiger partial charge in [0, 0.05) is 25.7 Å². The first-order valence-electron chi connectivity index (χ1n) is 5.41. The number of fused-ring (bicyclic) bond motifs is 1. The number of rotatable bonds is 2. The van der Waals surface area contributed by atoms with Gasteiger partial charge in [-0.05, 0) is 24.3 Å². The van der Waals surface area contributed by atoms with E-state index in [9.17, 15) is 4.79 Å². The van der Waals surface area contributed by atoms with Crippen LogP contribution in [0.15, 0.2) is 12.7 Å². The van der Waals surface area contributed by atoms with Crippen molar-refractivity contribution in [2.24, 2.45) is 11.8 Å². The standard InChI is InChI=1S/C11H18N2O/c1-3-10-9-6-12-5-8(9)7-13(10)11(14)4-2/h4,8-10,12H,2-3,5-7H2,1H3. The predicted molar refractivity (Wildman–Crippen MR) is 55.8 cm³/mol. The Balaban J connectivity index is 2.13. The number of likely N-dealkylation sites (tertiary alicyclic amines) is 1. The van der Waals surface area contributed by atoms with Gasteiger partial charge in [0.25, 0.3) is 0 Å². The van der Waals surface area contributed by atoms with Crippen LogP contribution in [0.1, 0.15) is 13.3 Å². The van der Waals surface area contributed by atoms with E-state index in [4.69, 9.17) is 0 Å². The Morgan fingerprint density at radius 1 is 1.64 bits per heavy atom. The summed E-state index contributed by atoms with van der Waals surface area (Å²) >= 11 is 0. The monoisotopic (exact) mass is 194 g/mol. The van der Waals surface area contributed by atoms with Crippen LogP contribution in [0.5, 0.6) is 0 Å². The molecule has 0 aromatic heterocycles. The normalized spacial score (nSPS) is 35.8. The van der Waals surface area contributed by atoms with E-state index in [1.807, 2.05) is 4.90 Å². The fourth-order valence-electron chi connectivity index (χ4n) is 2.92. The van der Waals surface area contributed by atoms with Crippen molar-refractivity contribution in [3.05, 3.63) is 12.7 Å². The lowest BCUT2D eigenvalue weighted by Crippen LogP contribution is -2.38. The molecule has 0 aliphatic carbocycles. The Morgan fingerprint density at radius 2 is 2.43 bits per heavy atom. The fraction of sp³-hybridized carbons (Fsp3) is 0.727. The quantitative estimate of drug-likeness (QED) is 0.654. The van der Waals surface area contributed by atoms with Crippen LogP contribution in [0.4, 0.5) is 0 Å². The van der Waals surface area contributed by atoms with Crippen LogP contribution in [0.25, 0.3) is 0 Å². The molecule has 2 saturated heterocycles. The number of nitrogens with zero attached hydrogens (tertiary/aromatic N) is 1. The molecule has 1 amide bonds. The van der Waals surface area contributed by atoms with Crippen molar-refractivity contribution in [2.45, 2.75) is 19.4 Å². The van der Waals surface area contributed by atoms with E-state index in [0.717, 1.165) is 26.1 Å². The Labute approximate surface area is 85.2 Å². The molecule has 78 valence electrons. The van der Waals surface area contributed by atoms with E-state index in [1.54, 1.807) is 0 Å². The zero-order valence-corrected chi connectivity index (χ0v) is 8.70. The van der Waals surface area contributed by atoms with Crippen molar-refractivity contribution in [1.82, 2.24) is 10.2 Å². The second-order valence-corrected chi connectivity index (χ2v) is 4.25. The molecule has 2 rings (SSSR count). The van der Waals surface area contributed by atoms with Crippen LogP contribution >= 0.6 is 0 Å². The summed E-state index contributed by atoms with van der Waals surface area (Å²) < 4.78 is 0. The highest BCUT2D eigenvalue weighted by molar-refractivity contribution is 5.87. The van der Waals surface area contributed by atoms with E-state index >= 15 is 0 Å². The van der Waals surface area contributed by atoms with Gasteiger partial charge in [-0.2, -0.15) is 0 Å². The Morgan fingerprint density at radius 3 is 3.07 bits per heavy atom. The summed E-state index contributed by atoms with van der Waals surface area (Å²) in [6, 6.07) is 0.431. The number of hydrogen-bond acceptors (Lipinski definition) is 2. The SMILES string of the molecule is C=CC(=O)N1CC2CNCC2C1CC. The first kappa shape index (κ1) is 9.71. The van der Waals surface area contributed by atoms with Crippen LogP contribution in [0.2, 0.25) is 0 Å². The lowest BCUT2D eigenvalue weighted by atomic mass is 9.93. The van der Waals surface area contributed by atoms with Gasteiger partial charge in [-0.1, -0.05) is 13.5 Å². The predicted octanol–water partition coefficient (Wildman–Crippen LogP) is 0.629. The third-order valence-corrected chi connectivity index (χ3v) is 3.59. The molecule has 0 aromatic carbocycles. The van der Waals surface area contributed by atoms with E-state index in [1.165, 1.54) is 6.08 Å². The topological polar surface area (TPSA) is 32.3 Å². The number of carbonyl (C=O) groups is 1. The zero-order chi connectivity index (χ0) is 10.1. The van der Waals surface area contributed by atoms with Crippen molar-refractivity contribution in [1.29, 1.82) is 0 Å². The van der Waals surface area contributed by atoms with Gasteiger partial charge in [0.05, 0.1) is 0 Å². The maximum Gasteiger partial charge on any atom is 0.246 e. The Hall–Kier alpha value is -0.830. The second kappa shape index (κ2) is 3.73. The summed E-state index contributed by atoms with van der Waals surface area (Å²) in [6.45, 7) is 8.79. The molecule has 3 unspecified atom stereocenters. The first-order valence-corrected chi connectivity index (χ1v) is 5.41. The van der Waals surface area contributed by atoms with Gasteiger partial charge in [0.15, 0.2) is 0 Å². The molecule has 0 aromatic rings. The Bertz CT molecular complexity index is 252. The van der Waals surface area contributed by atoms with E-state index in [0.29, 0.717) is 17.9 Å². The largest absolute Gasteiger partial charge is 0.336 e. The van der Waals surface area contributed by atoms with Crippen molar-refractivity contribution in [3.63, 3.8) is 0 Å². The third kappa shape index (κ3) is 1.36. The molecular weight excluding hydrogens is 176 g/mol. The molecule has 2 heterocycles. The average Bonchev–Trinajstić information content (AvgIpc) is 2.74. The number of carbonyl (C=O) groups excluding carboxylic acids is 1. The van der Waals surface area contributed by atoms with Crippen LogP contribution in [0, 0.1) is 11.8 Å². The molecule has 3 heteroatoms. The summed E-state index contributed by atoms with van der Waals surface area (Å²) in [5.74, 6) is 1.44. The molecule has 2 aliphatic heterocycles. The smallest absolute Gasteiger partial charge is 0.246 e. The van der Waals surface area contributed by atoms with Crippen molar-refractivity contribution >= 4 is 5.91 Å². The molecule has 14 heavy (non-hydrogen) atoms. The number of nitrogens with one attached hydrogen (secondary N) is 1. The van der Waals surface area contributed by atoms with Crippen molar-refractivity contribution in [3.8, 4) is 0 Å². The van der Waals surface area contributed by atoms with E-state index < -0.39 is 0 Å². The van der Waals surface area contributed by atoms with Gasteiger partial charge < -0.3 is 10.2 Å². The van der Waals surface area contributed by atoms with Crippen LogP contribution in [0.3, 0.4) is 0 Å². The maximum absolute atomic E-state index is 11.6. The number of amides is 1. The molecule has 3 nitrogen and oxygen atoms in total. The molecule has 2 aliphatic rings. The summed E-state index contributed by atoms with van der Waals surface area (Å²) in [7, 11) is 0. The summed E-state index contributed by atoms with van der Waals surface area (Å²) in [5, 5.41) is 3.40. The van der Waals surface area contributed by atoms with Gasteiger partial charge in [-0.15, -0.1) is 0 Å². The molecule has 0 spiro atoms. The molecule has 0 saturated carbocycles. The molecule has 0 radical (unpaired) electrons. The average molecular weight is 194 g/mol. The summed E-state index contributed by atoms with van der Waals surface area (Å²) in [5.41, 5.74) is 0. The lowest BCUT2D eigenvalue weighted by molar-refractivity contribution is -0.127. The van der Waals surface area contributed by atoms with Gasteiger partial charge in [-0.25, -0.2) is 0 Å². The minimum atomic E-state index is 0.103. The highest BCUT2D eigenvalue weighted by Gasteiger charge is 2.44. The fourth-order valence-corrected chi connectivity index (χ4v) is 2.92. The summed E-state index contributed by atoms with van der Waals surface area (Å²) in [6.07, 6.45) is 2.50. The van der Waals surface area contributed by atoms with Crippen LogP contribution in [-0.4, -0.2) is 36.5 Å². The minimum Gasteiger partial charge on any atom is -0.336 e. The van der Waals surface area contributed by atoms with Crippen LogP contribution < -0.4 is 5.32 Å². The Kier molecular flexibility index (Phi) is 2.59. The maximum atomic E-state index is 11.6. The van der Waals surface area contributed by atoms with Gasteiger partial charge in [0.2, 0.25) is 5.91 Å². The van der Waals surface area contributed by atoms with Gasteiger partial charge in [-0.3, -0.25) is 4.79 Å². The van der Waals surface area contributed by atoms with E-state index in [-0.39, 0.29) is 5.91 Å². The molecular formula is C11H18N2O. The minimum absolute atomic E-state index is 0.103. The second-order valence-electron chi connectivity index (χ2n) is 4.25. The molecule has 2 fully saturated rings. The first-order chi connectivity index (χ1) is 6.77. The summed E-state index contributed by atoms with van der Waals surface area (Å²) in [4.78, 5) is 13.6. The van der Waals surface area contributed by atoms with E-state index in [2.05, 4.69) is 18.8 Å². The molecule has 1 N–H and O–H groups in total. The highest BCUT2D eigenvalue weighted by Crippen LogP contribution is 2.34. The number of hydrogen-bond donors (Lipinski definition) is 1. The van der Waals surface area contributed by atoms with Crippen molar-refractivity contribution < 1.29 is 4.79 Å². The molecule has 3 atom stereocenters. The lowest BCUT2D eigenvalue weighted by Gasteiger charge is -2.25. The molecule has 0 bridgehead atoms. The van der Waals surface area contributed by atoms with Crippen LogP contribution in [-0.2, 0) is 4.79 Å².